The van der Waals surface area contributed by atoms with Crippen LogP contribution >= 0.6 is 0 Å². The molecule has 0 amide bonds. The van der Waals surface area contributed by atoms with Gasteiger partial charge < -0.3 is 10.6 Å². The summed E-state index contributed by atoms with van der Waals surface area (Å²) >= 11 is 0. The van der Waals surface area contributed by atoms with Crippen molar-refractivity contribution < 1.29 is 0 Å². The first-order valence-corrected chi connectivity index (χ1v) is 6.68. The molecule has 1 aromatic carbocycles. The van der Waals surface area contributed by atoms with E-state index in [9.17, 15) is 0 Å². The zero-order chi connectivity index (χ0) is 12.3. The Bertz CT molecular complexity index is 345. The molecule has 0 bridgehead atoms. The summed E-state index contributed by atoms with van der Waals surface area (Å²) in [6, 6.07) is 10.4. The van der Waals surface area contributed by atoms with E-state index in [1.165, 1.54) is 31.5 Å². The van der Waals surface area contributed by atoms with Crippen molar-refractivity contribution in [2.45, 2.75) is 32.2 Å². The number of rotatable bonds is 4. The van der Waals surface area contributed by atoms with Gasteiger partial charge in [-0.2, -0.15) is 0 Å². The lowest BCUT2D eigenvalue weighted by Crippen LogP contribution is -2.44. The van der Waals surface area contributed by atoms with Crippen LogP contribution in [-0.4, -0.2) is 24.5 Å². The second-order valence-electron chi connectivity index (χ2n) is 5.58. The molecule has 2 nitrogen and oxygen atoms in total. The molecule has 0 radical (unpaired) electrons. The van der Waals surface area contributed by atoms with E-state index < -0.39 is 0 Å². The Kier molecular flexibility index (Phi) is 3.85. The van der Waals surface area contributed by atoms with Gasteiger partial charge in [0, 0.05) is 13.1 Å². The van der Waals surface area contributed by atoms with Crippen molar-refractivity contribution in [3.63, 3.8) is 0 Å². The van der Waals surface area contributed by atoms with Gasteiger partial charge in [-0.05, 0) is 31.4 Å². The summed E-state index contributed by atoms with van der Waals surface area (Å²) in [6.07, 6.45) is 2.63. The van der Waals surface area contributed by atoms with E-state index in [1.54, 1.807) is 0 Å². The van der Waals surface area contributed by atoms with Gasteiger partial charge in [-0.3, -0.25) is 0 Å². The van der Waals surface area contributed by atoms with E-state index in [1.807, 2.05) is 6.07 Å². The Hall–Kier alpha value is -0.860. The zero-order valence-corrected chi connectivity index (χ0v) is 11.0. The number of likely N-dealkylation sites (tertiary alicyclic amines) is 1. The van der Waals surface area contributed by atoms with Gasteiger partial charge in [-0.25, -0.2) is 0 Å². The highest BCUT2D eigenvalue weighted by atomic mass is 15.2. The van der Waals surface area contributed by atoms with Crippen LogP contribution in [0, 0.1) is 5.92 Å². The second kappa shape index (κ2) is 5.19. The van der Waals surface area contributed by atoms with E-state index in [0.717, 1.165) is 12.5 Å². The van der Waals surface area contributed by atoms with E-state index in [0.29, 0.717) is 0 Å². The zero-order valence-electron chi connectivity index (χ0n) is 11.0. The highest BCUT2D eigenvalue weighted by molar-refractivity contribution is 5.23. The Morgan fingerprint density at radius 2 is 2.06 bits per heavy atom. The number of hydrogen-bond donors (Lipinski definition) is 1. The van der Waals surface area contributed by atoms with Crippen molar-refractivity contribution in [3.05, 3.63) is 35.9 Å². The second-order valence-corrected chi connectivity index (χ2v) is 5.58. The van der Waals surface area contributed by atoms with Crippen LogP contribution < -0.4 is 5.73 Å². The van der Waals surface area contributed by atoms with E-state index in [2.05, 4.69) is 43.0 Å². The van der Waals surface area contributed by atoms with Crippen LogP contribution in [0.2, 0.25) is 0 Å². The molecule has 0 saturated carbocycles. The lowest BCUT2D eigenvalue weighted by Gasteiger charge is -2.30. The summed E-state index contributed by atoms with van der Waals surface area (Å²) in [5, 5.41) is 0. The predicted molar refractivity (Wildman–Crippen MR) is 72.8 cm³/mol. The van der Waals surface area contributed by atoms with Gasteiger partial charge in [0.1, 0.15) is 0 Å². The maximum atomic E-state index is 6.46. The van der Waals surface area contributed by atoms with Crippen LogP contribution in [0.15, 0.2) is 30.3 Å². The Balaban J connectivity index is 1.98. The Morgan fingerprint density at radius 1 is 1.35 bits per heavy atom. The maximum Gasteiger partial charge on any atom is 0.0509 e. The molecule has 2 unspecified atom stereocenters. The third kappa shape index (κ3) is 3.08. The molecule has 2 rings (SSSR count). The summed E-state index contributed by atoms with van der Waals surface area (Å²) in [6.45, 7) is 7.82. The normalized spacial score (nSPS) is 24.8. The number of nitrogens with zero attached hydrogens (tertiary/aromatic N) is 1. The van der Waals surface area contributed by atoms with E-state index >= 15 is 0 Å². The van der Waals surface area contributed by atoms with Crippen molar-refractivity contribution >= 4 is 0 Å². The molecule has 1 heterocycles. The third-order valence-corrected chi connectivity index (χ3v) is 3.93. The van der Waals surface area contributed by atoms with Gasteiger partial charge in [0.15, 0.2) is 0 Å². The average molecular weight is 232 g/mol. The van der Waals surface area contributed by atoms with Crippen LogP contribution in [-0.2, 0) is 5.54 Å². The lowest BCUT2D eigenvalue weighted by molar-refractivity contribution is 0.252. The quantitative estimate of drug-likeness (QED) is 0.864. The Labute approximate surface area is 105 Å². The van der Waals surface area contributed by atoms with Gasteiger partial charge in [-0.1, -0.05) is 43.7 Å². The molecule has 2 N–H and O–H groups in total. The molecule has 17 heavy (non-hydrogen) atoms. The summed E-state index contributed by atoms with van der Waals surface area (Å²) in [5.74, 6) is 0.876. The highest BCUT2D eigenvalue weighted by Crippen LogP contribution is 2.24. The largest absolute Gasteiger partial charge is 0.321 e. The monoisotopic (exact) mass is 232 g/mol. The highest BCUT2D eigenvalue weighted by Gasteiger charge is 2.28. The fraction of sp³-hybridized carbons (Fsp3) is 0.600. The van der Waals surface area contributed by atoms with Gasteiger partial charge in [0.25, 0.3) is 0 Å². The molecule has 1 aliphatic rings. The first-order valence-electron chi connectivity index (χ1n) is 6.68. The van der Waals surface area contributed by atoms with Gasteiger partial charge >= 0.3 is 0 Å². The maximum absolute atomic E-state index is 6.46. The molecule has 0 aromatic heterocycles. The first kappa shape index (κ1) is 12.6. The van der Waals surface area contributed by atoms with Gasteiger partial charge in [0.2, 0.25) is 0 Å². The SMILES string of the molecule is CCC1CCN(CC(C)(N)c2ccccc2)C1. The van der Waals surface area contributed by atoms with Gasteiger partial charge in [-0.15, -0.1) is 0 Å². The molecule has 2 heteroatoms. The smallest absolute Gasteiger partial charge is 0.0509 e. The Morgan fingerprint density at radius 3 is 2.65 bits per heavy atom. The average Bonchev–Trinajstić information content (AvgIpc) is 2.77. The number of nitrogens with two attached hydrogens (primary N) is 1. The molecule has 1 aliphatic heterocycles. The summed E-state index contributed by atoms with van der Waals surface area (Å²) in [4.78, 5) is 2.52. The van der Waals surface area contributed by atoms with Crippen LogP contribution in [0.3, 0.4) is 0 Å². The van der Waals surface area contributed by atoms with Gasteiger partial charge in [0.05, 0.1) is 5.54 Å². The van der Waals surface area contributed by atoms with Crippen LogP contribution in [0.5, 0.6) is 0 Å². The standard InChI is InChI=1S/C15H24N2/c1-3-13-9-10-17(11-13)12-15(2,16)14-7-5-4-6-8-14/h4-8,13H,3,9-12,16H2,1-2H3. The number of benzene rings is 1. The molecule has 0 spiro atoms. The van der Waals surface area contributed by atoms with Crippen molar-refractivity contribution in [2.24, 2.45) is 11.7 Å². The van der Waals surface area contributed by atoms with Crippen molar-refractivity contribution in [2.75, 3.05) is 19.6 Å². The van der Waals surface area contributed by atoms with Crippen molar-refractivity contribution in [3.8, 4) is 0 Å². The fourth-order valence-corrected chi connectivity index (χ4v) is 2.76. The van der Waals surface area contributed by atoms with E-state index in [4.69, 9.17) is 5.73 Å². The lowest BCUT2D eigenvalue weighted by atomic mass is 9.93. The van der Waals surface area contributed by atoms with Crippen LogP contribution in [0.25, 0.3) is 0 Å². The molecule has 2 atom stereocenters. The molecule has 1 saturated heterocycles. The van der Waals surface area contributed by atoms with Crippen LogP contribution in [0.4, 0.5) is 0 Å². The number of hydrogen-bond acceptors (Lipinski definition) is 2. The van der Waals surface area contributed by atoms with Crippen LogP contribution in [0.1, 0.15) is 32.3 Å². The fourth-order valence-electron chi connectivity index (χ4n) is 2.76. The summed E-state index contributed by atoms with van der Waals surface area (Å²) < 4.78 is 0. The molecule has 1 aromatic rings. The minimum Gasteiger partial charge on any atom is -0.321 e. The third-order valence-electron chi connectivity index (χ3n) is 3.93. The first-order chi connectivity index (χ1) is 8.12. The molecular weight excluding hydrogens is 208 g/mol. The summed E-state index contributed by atoms with van der Waals surface area (Å²) in [7, 11) is 0. The van der Waals surface area contributed by atoms with E-state index in [-0.39, 0.29) is 5.54 Å². The molecular formula is C15H24N2. The molecule has 1 fully saturated rings. The molecule has 94 valence electrons. The minimum absolute atomic E-state index is 0.232. The topological polar surface area (TPSA) is 29.3 Å². The summed E-state index contributed by atoms with van der Waals surface area (Å²) in [5.41, 5.74) is 7.47. The van der Waals surface area contributed by atoms with Crippen molar-refractivity contribution in [1.29, 1.82) is 0 Å². The van der Waals surface area contributed by atoms with Crippen molar-refractivity contribution in [1.82, 2.24) is 4.90 Å². The molecule has 0 aliphatic carbocycles. The minimum atomic E-state index is -0.232. The predicted octanol–water partition coefficient (Wildman–Crippen LogP) is 2.59.